The monoisotopic (exact) mass is 382 g/mol. The van der Waals surface area contributed by atoms with Crippen molar-refractivity contribution in [1.82, 2.24) is 5.32 Å². The summed E-state index contributed by atoms with van der Waals surface area (Å²) in [6, 6.07) is 8.95. The summed E-state index contributed by atoms with van der Waals surface area (Å²) >= 11 is 0. The highest BCUT2D eigenvalue weighted by Gasteiger charge is 2.46. The standard InChI is InChI=1S/C23H30N2O3/c1-3-22(2,21(27)28)19-9-12-23(13-10-19)11-8-18(15-25-23)20(26)17-6-4-16(14-24)5-7-17/h4-7,18-19,25H,3,8-13,15H2,1-2H3,(H,27,28). The Morgan fingerprint density at radius 2 is 1.82 bits per heavy atom. The maximum absolute atomic E-state index is 12.8. The fourth-order valence-electron chi connectivity index (χ4n) is 5.00. The third-order valence-electron chi connectivity index (χ3n) is 7.43. The molecular weight excluding hydrogens is 352 g/mol. The van der Waals surface area contributed by atoms with Crippen LogP contribution in [-0.2, 0) is 4.79 Å². The van der Waals surface area contributed by atoms with Crippen LogP contribution in [0, 0.1) is 28.6 Å². The molecule has 1 aromatic carbocycles. The van der Waals surface area contributed by atoms with Gasteiger partial charge in [-0.3, -0.25) is 9.59 Å². The van der Waals surface area contributed by atoms with E-state index in [9.17, 15) is 14.7 Å². The minimum absolute atomic E-state index is 0.0313. The van der Waals surface area contributed by atoms with Crippen molar-refractivity contribution in [2.45, 2.75) is 64.3 Å². The van der Waals surface area contributed by atoms with Gasteiger partial charge < -0.3 is 10.4 Å². The summed E-state index contributed by atoms with van der Waals surface area (Å²) in [4.78, 5) is 24.5. The van der Waals surface area contributed by atoms with E-state index in [0.717, 1.165) is 38.5 Å². The lowest BCUT2D eigenvalue weighted by atomic mass is 9.62. The summed E-state index contributed by atoms with van der Waals surface area (Å²) in [6.07, 6.45) is 6.31. The summed E-state index contributed by atoms with van der Waals surface area (Å²) < 4.78 is 0. The minimum atomic E-state index is -0.680. The first kappa shape index (κ1) is 20.5. The molecule has 1 aliphatic heterocycles. The Labute approximate surface area is 167 Å². The summed E-state index contributed by atoms with van der Waals surface area (Å²) in [5.41, 5.74) is 0.662. The number of ketones is 1. The predicted molar refractivity (Wildman–Crippen MR) is 107 cm³/mol. The predicted octanol–water partition coefficient (Wildman–Crippen LogP) is 4.17. The van der Waals surface area contributed by atoms with Gasteiger partial charge in [0.15, 0.2) is 5.78 Å². The van der Waals surface area contributed by atoms with Crippen molar-refractivity contribution < 1.29 is 14.7 Å². The first-order valence-electron chi connectivity index (χ1n) is 10.4. The molecule has 5 nitrogen and oxygen atoms in total. The quantitative estimate of drug-likeness (QED) is 0.746. The van der Waals surface area contributed by atoms with Crippen molar-refractivity contribution in [2.75, 3.05) is 6.54 Å². The number of benzene rings is 1. The van der Waals surface area contributed by atoms with E-state index < -0.39 is 11.4 Å². The highest BCUT2D eigenvalue weighted by Crippen LogP contribution is 2.46. The number of aliphatic carboxylic acids is 1. The Kier molecular flexibility index (Phi) is 5.90. The van der Waals surface area contributed by atoms with E-state index in [1.54, 1.807) is 24.3 Å². The van der Waals surface area contributed by atoms with Crippen LogP contribution in [0.15, 0.2) is 24.3 Å². The molecule has 3 rings (SSSR count). The molecule has 1 saturated heterocycles. The number of carboxylic acids is 1. The third-order valence-corrected chi connectivity index (χ3v) is 7.43. The zero-order chi connectivity index (χ0) is 20.4. The highest BCUT2D eigenvalue weighted by molar-refractivity contribution is 5.98. The first-order valence-corrected chi connectivity index (χ1v) is 10.4. The van der Waals surface area contributed by atoms with Crippen LogP contribution in [0.5, 0.6) is 0 Å². The number of nitrogens with one attached hydrogen (secondary N) is 1. The number of piperidine rings is 1. The average molecular weight is 383 g/mol. The van der Waals surface area contributed by atoms with Crippen molar-refractivity contribution >= 4 is 11.8 Å². The Balaban J connectivity index is 1.57. The van der Waals surface area contributed by atoms with Gasteiger partial charge in [-0.2, -0.15) is 5.26 Å². The third kappa shape index (κ3) is 3.84. The van der Waals surface area contributed by atoms with Gasteiger partial charge >= 0.3 is 5.97 Å². The fourth-order valence-corrected chi connectivity index (χ4v) is 5.00. The molecule has 150 valence electrons. The Morgan fingerprint density at radius 1 is 1.21 bits per heavy atom. The van der Waals surface area contributed by atoms with E-state index in [1.165, 1.54) is 0 Å². The number of carbonyl (C=O) groups excluding carboxylic acids is 1. The summed E-state index contributed by atoms with van der Waals surface area (Å²) in [5.74, 6) is -0.345. The SMILES string of the molecule is CCC(C)(C(=O)O)C1CCC2(CCC(C(=O)c3ccc(C#N)cc3)CN2)CC1. The summed E-state index contributed by atoms with van der Waals surface area (Å²) in [5, 5.41) is 22.2. The molecule has 2 unspecified atom stereocenters. The smallest absolute Gasteiger partial charge is 0.309 e. The van der Waals surface area contributed by atoms with Gasteiger partial charge in [0.25, 0.3) is 0 Å². The largest absolute Gasteiger partial charge is 0.481 e. The number of rotatable bonds is 5. The fraction of sp³-hybridized carbons (Fsp3) is 0.609. The van der Waals surface area contributed by atoms with Crippen LogP contribution < -0.4 is 5.32 Å². The Morgan fingerprint density at radius 3 is 2.29 bits per heavy atom. The van der Waals surface area contributed by atoms with E-state index in [2.05, 4.69) is 11.4 Å². The second kappa shape index (κ2) is 8.05. The van der Waals surface area contributed by atoms with Gasteiger partial charge in [0.1, 0.15) is 0 Å². The van der Waals surface area contributed by atoms with E-state index >= 15 is 0 Å². The van der Waals surface area contributed by atoms with Crippen molar-refractivity contribution in [3.05, 3.63) is 35.4 Å². The number of hydrogen-bond acceptors (Lipinski definition) is 4. The van der Waals surface area contributed by atoms with Gasteiger partial charge in [0, 0.05) is 23.6 Å². The molecular formula is C23H30N2O3. The summed E-state index contributed by atoms with van der Waals surface area (Å²) in [7, 11) is 0. The van der Waals surface area contributed by atoms with Gasteiger partial charge in [-0.1, -0.05) is 19.1 Å². The Bertz CT molecular complexity index is 762. The van der Waals surface area contributed by atoms with Crippen LogP contribution in [0.4, 0.5) is 0 Å². The van der Waals surface area contributed by atoms with Crippen LogP contribution in [0.25, 0.3) is 0 Å². The summed E-state index contributed by atoms with van der Waals surface area (Å²) in [6.45, 7) is 4.53. The molecule has 0 amide bonds. The molecule has 28 heavy (non-hydrogen) atoms. The van der Waals surface area contributed by atoms with Crippen LogP contribution in [-0.4, -0.2) is 28.9 Å². The van der Waals surface area contributed by atoms with E-state index in [-0.39, 0.29) is 23.2 Å². The molecule has 0 aromatic heterocycles. The van der Waals surface area contributed by atoms with E-state index in [0.29, 0.717) is 24.1 Å². The Hall–Kier alpha value is -2.19. The molecule has 2 aliphatic rings. The maximum atomic E-state index is 12.8. The number of hydrogen-bond donors (Lipinski definition) is 2. The second-order valence-electron chi connectivity index (χ2n) is 8.80. The van der Waals surface area contributed by atoms with E-state index in [4.69, 9.17) is 5.26 Å². The van der Waals surface area contributed by atoms with Gasteiger partial charge in [-0.05, 0) is 69.9 Å². The van der Waals surface area contributed by atoms with Crippen molar-refractivity contribution in [2.24, 2.45) is 17.3 Å². The molecule has 2 atom stereocenters. The van der Waals surface area contributed by atoms with Crippen LogP contribution in [0.2, 0.25) is 0 Å². The number of carboxylic acid groups (broad SMARTS) is 1. The van der Waals surface area contributed by atoms with Crippen LogP contribution in [0.3, 0.4) is 0 Å². The molecule has 1 spiro atoms. The zero-order valence-electron chi connectivity index (χ0n) is 16.8. The molecule has 1 heterocycles. The van der Waals surface area contributed by atoms with Crippen molar-refractivity contribution in [3.8, 4) is 6.07 Å². The minimum Gasteiger partial charge on any atom is -0.481 e. The molecule has 2 N–H and O–H groups in total. The van der Waals surface area contributed by atoms with E-state index in [1.807, 2.05) is 13.8 Å². The molecule has 1 saturated carbocycles. The average Bonchev–Trinajstić information content (AvgIpc) is 2.73. The van der Waals surface area contributed by atoms with Crippen LogP contribution in [0.1, 0.15) is 74.7 Å². The molecule has 1 aromatic rings. The van der Waals surface area contributed by atoms with Crippen molar-refractivity contribution in [1.29, 1.82) is 5.26 Å². The molecule has 1 aliphatic carbocycles. The molecule has 5 heteroatoms. The molecule has 0 radical (unpaired) electrons. The second-order valence-corrected chi connectivity index (χ2v) is 8.80. The number of nitriles is 1. The van der Waals surface area contributed by atoms with Gasteiger partial charge in [0.05, 0.1) is 17.0 Å². The van der Waals surface area contributed by atoms with Crippen molar-refractivity contribution in [3.63, 3.8) is 0 Å². The number of nitrogens with zero attached hydrogens (tertiary/aromatic N) is 1. The number of Topliss-reactive ketones (excluding diaryl/α,β-unsaturated/α-hetero) is 1. The molecule has 2 fully saturated rings. The maximum Gasteiger partial charge on any atom is 0.309 e. The van der Waals surface area contributed by atoms with Crippen LogP contribution >= 0.6 is 0 Å². The highest BCUT2D eigenvalue weighted by atomic mass is 16.4. The van der Waals surface area contributed by atoms with Gasteiger partial charge in [0.2, 0.25) is 0 Å². The lowest BCUT2D eigenvalue weighted by molar-refractivity contribution is -0.153. The lowest BCUT2D eigenvalue weighted by Gasteiger charge is -2.48. The van der Waals surface area contributed by atoms with Gasteiger partial charge in [-0.15, -0.1) is 0 Å². The topological polar surface area (TPSA) is 90.2 Å². The lowest BCUT2D eigenvalue weighted by Crippen LogP contribution is -2.55. The first-order chi connectivity index (χ1) is 13.3. The normalized spacial score (nSPS) is 29.6. The number of carbonyl (C=O) groups is 2. The van der Waals surface area contributed by atoms with Gasteiger partial charge in [-0.25, -0.2) is 0 Å². The zero-order valence-corrected chi connectivity index (χ0v) is 16.8. The molecule has 0 bridgehead atoms.